The molecule has 0 aromatic heterocycles. The summed E-state index contributed by atoms with van der Waals surface area (Å²) in [6.45, 7) is 1.92. The molecule has 39 heavy (non-hydrogen) atoms. The molecule has 1 amide bonds. The van der Waals surface area contributed by atoms with E-state index in [2.05, 4.69) is 5.32 Å². The third kappa shape index (κ3) is 6.72. The van der Waals surface area contributed by atoms with Gasteiger partial charge < -0.3 is 26.0 Å². The van der Waals surface area contributed by atoms with E-state index in [1.165, 1.54) is 0 Å². The highest BCUT2D eigenvalue weighted by molar-refractivity contribution is 6.09. The number of amides is 1. The van der Waals surface area contributed by atoms with E-state index in [0.717, 1.165) is 18.4 Å². The van der Waals surface area contributed by atoms with E-state index in [1.54, 1.807) is 24.3 Å². The zero-order chi connectivity index (χ0) is 28.1. The van der Waals surface area contributed by atoms with Crippen molar-refractivity contribution in [2.45, 2.75) is 63.5 Å². The number of esters is 1. The summed E-state index contributed by atoms with van der Waals surface area (Å²) in [5, 5.41) is 22.6. The third-order valence-electron chi connectivity index (χ3n) is 7.42. The summed E-state index contributed by atoms with van der Waals surface area (Å²) in [5.41, 5.74) is 7.85. The molecule has 3 unspecified atom stereocenters. The Labute approximate surface area is 227 Å². The highest BCUT2D eigenvalue weighted by Gasteiger charge is 2.47. The van der Waals surface area contributed by atoms with Gasteiger partial charge in [0.25, 0.3) is 0 Å². The number of Topliss-reactive ketones (excluding diaryl/α,β-unsaturated/α-hetero) is 1. The van der Waals surface area contributed by atoms with Crippen molar-refractivity contribution in [1.82, 2.24) is 0 Å². The van der Waals surface area contributed by atoms with E-state index in [4.69, 9.17) is 15.6 Å². The number of aliphatic carboxylic acids is 1. The number of ether oxygens (including phenoxy) is 1. The van der Waals surface area contributed by atoms with Gasteiger partial charge in [-0.05, 0) is 61.3 Å². The van der Waals surface area contributed by atoms with Crippen LogP contribution in [0, 0.1) is 11.8 Å². The van der Waals surface area contributed by atoms with Crippen molar-refractivity contribution >= 4 is 29.3 Å². The topological polar surface area (TPSA) is 156 Å². The van der Waals surface area contributed by atoms with Crippen LogP contribution in [-0.4, -0.2) is 46.0 Å². The van der Waals surface area contributed by atoms with Crippen molar-refractivity contribution in [2.75, 3.05) is 5.32 Å². The zero-order valence-electron chi connectivity index (χ0n) is 21.8. The second-order valence-electron chi connectivity index (χ2n) is 10.3. The minimum atomic E-state index is -1.07. The first-order valence-corrected chi connectivity index (χ1v) is 13.3. The second kappa shape index (κ2) is 12.3. The number of anilines is 1. The number of hydrogen-bond acceptors (Lipinski definition) is 7. The van der Waals surface area contributed by atoms with Crippen molar-refractivity contribution in [2.24, 2.45) is 17.6 Å². The Hall–Kier alpha value is -3.98. The number of carbonyl (C=O) groups is 4. The average molecular weight is 535 g/mol. The SMILES string of the molecule is CCC(Cc1ccccc1)C1OC(=O)C(C(c2cccc(NC(=O)[C@@H](N)CCC(=O)O)c2)C2CC2)=C(O)C1=O. The van der Waals surface area contributed by atoms with Crippen molar-refractivity contribution in [3.05, 3.63) is 77.1 Å². The van der Waals surface area contributed by atoms with E-state index < -0.39 is 47.5 Å². The van der Waals surface area contributed by atoms with Gasteiger partial charge in [0, 0.05) is 23.9 Å². The van der Waals surface area contributed by atoms with Crippen LogP contribution in [0.3, 0.4) is 0 Å². The lowest BCUT2D eigenvalue weighted by Gasteiger charge is -2.32. The van der Waals surface area contributed by atoms with Crippen LogP contribution >= 0.6 is 0 Å². The summed E-state index contributed by atoms with van der Waals surface area (Å²) in [6.07, 6.45) is 1.44. The van der Waals surface area contributed by atoms with Crippen LogP contribution in [-0.2, 0) is 30.3 Å². The molecule has 206 valence electrons. The van der Waals surface area contributed by atoms with Crippen LogP contribution in [0.15, 0.2) is 65.9 Å². The number of cyclic esters (lactones) is 1. The van der Waals surface area contributed by atoms with Gasteiger partial charge in [-0.15, -0.1) is 0 Å². The lowest BCUT2D eigenvalue weighted by Crippen LogP contribution is -2.42. The average Bonchev–Trinajstić information content (AvgIpc) is 3.76. The van der Waals surface area contributed by atoms with Crippen LogP contribution in [0.2, 0.25) is 0 Å². The molecule has 1 heterocycles. The molecule has 4 rings (SSSR count). The van der Waals surface area contributed by atoms with Crippen LogP contribution in [0.5, 0.6) is 0 Å². The summed E-state index contributed by atoms with van der Waals surface area (Å²) >= 11 is 0. The highest BCUT2D eigenvalue weighted by Crippen LogP contribution is 2.49. The summed E-state index contributed by atoms with van der Waals surface area (Å²) in [6, 6.07) is 15.4. The Morgan fingerprint density at radius 2 is 1.82 bits per heavy atom. The number of hydrogen-bond donors (Lipinski definition) is 4. The number of rotatable bonds is 12. The molecule has 1 aliphatic carbocycles. The number of carboxylic acids is 1. The number of benzene rings is 2. The number of carboxylic acid groups (broad SMARTS) is 1. The van der Waals surface area contributed by atoms with Crippen LogP contribution in [0.1, 0.15) is 56.1 Å². The highest BCUT2D eigenvalue weighted by atomic mass is 16.6. The molecule has 1 aliphatic heterocycles. The molecule has 0 saturated heterocycles. The second-order valence-corrected chi connectivity index (χ2v) is 10.3. The normalized spacial score (nSPS) is 19.7. The molecule has 0 spiro atoms. The van der Waals surface area contributed by atoms with Crippen LogP contribution in [0.25, 0.3) is 0 Å². The lowest BCUT2D eigenvalue weighted by atomic mass is 9.81. The monoisotopic (exact) mass is 534 g/mol. The molecule has 4 atom stereocenters. The largest absolute Gasteiger partial charge is 0.504 e. The molecule has 2 aromatic carbocycles. The molecule has 0 radical (unpaired) electrons. The Bertz CT molecular complexity index is 1270. The van der Waals surface area contributed by atoms with E-state index in [-0.39, 0.29) is 30.3 Å². The Kier molecular flexibility index (Phi) is 8.81. The predicted molar refractivity (Wildman–Crippen MR) is 144 cm³/mol. The van der Waals surface area contributed by atoms with Gasteiger partial charge >= 0.3 is 11.9 Å². The fourth-order valence-electron chi connectivity index (χ4n) is 5.12. The summed E-state index contributed by atoms with van der Waals surface area (Å²) in [5.74, 6) is -4.24. The van der Waals surface area contributed by atoms with Crippen LogP contribution in [0.4, 0.5) is 5.69 Å². The van der Waals surface area contributed by atoms with Gasteiger partial charge in [0.15, 0.2) is 11.9 Å². The minimum absolute atomic E-state index is 0.00946. The molecule has 0 bridgehead atoms. The molecular formula is C30H34N2O7. The standard InChI is InChI=1S/C30H34N2O7/c1-2-18(15-17-7-4-3-5-8-17)28-27(36)26(35)25(30(38)39-28)24(19-11-12-19)20-9-6-10-21(16-20)32-29(37)22(31)13-14-23(33)34/h3-10,16,18-19,22,24,28,35H,2,11-15,31H2,1H3,(H,32,37)(H,33,34)/t18?,22-,24?,28?/m0/s1. The van der Waals surface area contributed by atoms with Gasteiger partial charge in [-0.25, -0.2) is 4.79 Å². The first-order chi connectivity index (χ1) is 18.7. The fourth-order valence-corrected chi connectivity index (χ4v) is 5.12. The smallest absolute Gasteiger partial charge is 0.339 e. The van der Waals surface area contributed by atoms with Gasteiger partial charge in [-0.1, -0.05) is 49.4 Å². The molecule has 1 fully saturated rings. The molecule has 9 nitrogen and oxygen atoms in total. The van der Waals surface area contributed by atoms with E-state index >= 15 is 0 Å². The lowest BCUT2D eigenvalue weighted by molar-refractivity contribution is -0.158. The van der Waals surface area contributed by atoms with Crippen molar-refractivity contribution in [3.63, 3.8) is 0 Å². The number of aliphatic hydroxyl groups is 1. The molecule has 1 saturated carbocycles. The van der Waals surface area contributed by atoms with Crippen LogP contribution < -0.4 is 11.1 Å². The quantitative estimate of drug-likeness (QED) is 0.299. The van der Waals surface area contributed by atoms with Crippen molar-refractivity contribution < 1.29 is 34.1 Å². The van der Waals surface area contributed by atoms with E-state index in [1.807, 2.05) is 37.3 Å². The number of nitrogens with two attached hydrogens (primary N) is 1. The molecular weight excluding hydrogens is 500 g/mol. The Morgan fingerprint density at radius 1 is 1.10 bits per heavy atom. The summed E-state index contributed by atoms with van der Waals surface area (Å²) in [4.78, 5) is 49.9. The van der Waals surface area contributed by atoms with Gasteiger partial charge in [0.05, 0.1) is 11.6 Å². The van der Waals surface area contributed by atoms with Crippen molar-refractivity contribution in [3.8, 4) is 0 Å². The van der Waals surface area contributed by atoms with Gasteiger partial charge in [-0.3, -0.25) is 14.4 Å². The molecule has 2 aliphatic rings. The summed E-state index contributed by atoms with van der Waals surface area (Å²) in [7, 11) is 0. The fraction of sp³-hybridized carbons (Fsp3) is 0.400. The first-order valence-electron chi connectivity index (χ1n) is 13.3. The maximum absolute atomic E-state index is 13.3. The number of nitrogens with one attached hydrogen (secondary N) is 1. The maximum Gasteiger partial charge on any atom is 0.339 e. The first kappa shape index (κ1) is 28.0. The van der Waals surface area contributed by atoms with Gasteiger partial charge in [0.1, 0.15) is 0 Å². The number of aliphatic hydroxyl groups excluding tert-OH is 1. The Balaban J connectivity index is 1.56. The maximum atomic E-state index is 13.3. The molecule has 9 heteroatoms. The van der Waals surface area contributed by atoms with Gasteiger partial charge in [-0.2, -0.15) is 0 Å². The van der Waals surface area contributed by atoms with Gasteiger partial charge in [0.2, 0.25) is 11.7 Å². The number of ketones is 1. The van der Waals surface area contributed by atoms with E-state index in [9.17, 15) is 24.3 Å². The van der Waals surface area contributed by atoms with Crippen molar-refractivity contribution in [1.29, 1.82) is 0 Å². The number of carbonyl (C=O) groups excluding carboxylic acids is 3. The summed E-state index contributed by atoms with van der Waals surface area (Å²) < 4.78 is 5.72. The zero-order valence-corrected chi connectivity index (χ0v) is 21.8. The van der Waals surface area contributed by atoms with E-state index in [0.29, 0.717) is 24.1 Å². The molecule has 5 N–H and O–H groups in total. The third-order valence-corrected chi connectivity index (χ3v) is 7.42. The Morgan fingerprint density at radius 3 is 2.46 bits per heavy atom. The predicted octanol–water partition coefficient (Wildman–Crippen LogP) is 3.89. The molecule has 2 aromatic rings. The minimum Gasteiger partial charge on any atom is -0.504 e.